The van der Waals surface area contributed by atoms with Crippen molar-refractivity contribution < 1.29 is 0 Å². The van der Waals surface area contributed by atoms with Crippen molar-refractivity contribution in [2.24, 2.45) is 0 Å². The normalized spacial score (nSPS) is 20.5. The lowest BCUT2D eigenvalue weighted by molar-refractivity contribution is 0.428. The second kappa shape index (κ2) is 3.51. The van der Waals surface area contributed by atoms with Crippen molar-refractivity contribution in [1.29, 1.82) is 0 Å². The lowest BCUT2D eigenvalue weighted by Gasteiger charge is -2.28. The highest BCUT2D eigenvalue weighted by Crippen LogP contribution is 2.28. The van der Waals surface area contributed by atoms with Crippen molar-refractivity contribution in [2.75, 3.05) is 7.05 Å². The highest BCUT2D eigenvalue weighted by atomic mass is 35.5. The molecule has 1 aliphatic heterocycles. The largest absolute Gasteiger partial charge is 0.347 e. The molecule has 0 aromatic heterocycles. The average Bonchev–Trinajstić information content (AvgIpc) is 1.77. The number of alkyl halides is 2. The maximum Gasteiger partial charge on any atom is 0.209 e. The Labute approximate surface area is 76.7 Å². The second-order valence-corrected chi connectivity index (χ2v) is 3.25. The smallest absolute Gasteiger partial charge is 0.209 e. The molecule has 1 rings (SSSR count). The van der Waals surface area contributed by atoms with Gasteiger partial charge in [-0.1, -0.05) is 29.3 Å². The maximum absolute atomic E-state index is 5.78. The van der Waals surface area contributed by atoms with Crippen LogP contribution in [0.15, 0.2) is 24.4 Å². The molecule has 0 saturated heterocycles. The zero-order valence-corrected chi connectivity index (χ0v) is 7.75. The summed E-state index contributed by atoms with van der Waals surface area (Å²) in [5, 5.41) is 0. The first-order valence-electron chi connectivity index (χ1n) is 2.60. The molecule has 0 saturated carbocycles. The summed E-state index contributed by atoms with van der Waals surface area (Å²) in [5.74, 6) is 0. The molecule has 0 radical (unpaired) electrons. The van der Waals surface area contributed by atoms with Gasteiger partial charge in [0.15, 0.2) is 0 Å². The molecule has 1 nitrogen and oxygen atoms in total. The Bertz CT molecular complexity index is 162. The Morgan fingerprint density at radius 2 is 1.90 bits per heavy atom. The quantitative estimate of drug-likeness (QED) is 0.429. The molecule has 0 aliphatic carbocycles. The monoisotopic (exact) mass is 199 g/mol. The summed E-state index contributed by atoms with van der Waals surface area (Å²) in [6.07, 6.45) is 7.24. The maximum atomic E-state index is 5.78. The molecule has 0 bridgehead atoms. The van der Waals surface area contributed by atoms with Crippen molar-refractivity contribution >= 4 is 35.6 Å². The van der Waals surface area contributed by atoms with E-state index >= 15 is 0 Å². The van der Waals surface area contributed by atoms with Gasteiger partial charge in [-0.3, -0.25) is 0 Å². The van der Waals surface area contributed by atoms with Gasteiger partial charge in [-0.25, -0.2) is 0 Å². The summed E-state index contributed by atoms with van der Waals surface area (Å²) in [5.41, 5.74) is 0. The van der Waals surface area contributed by atoms with Gasteiger partial charge in [0.2, 0.25) is 4.46 Å². The van der Waals surface area contributed by atoms with Crippen LogP contribution in [0.1, 0.15) is 0 Å². The summed E-state index contributed by atoms with van der Waals surface area (Å²) >= 11 is 11.6. The van der Waals surface area contributed by atoms with E-state index in [-0.39, 0.29) is 12.4 Å². The highest BCUT2D eigenvalue weighted by molar-refractivity contribution is 6.49. The Balaban J connectivity index is 0.000000810. The number of likely N-dealkylation sites (N-methyl/N-ethyl adjacent to an activating group) is 1. The van der Waals surface area contributed by atoms with Crippen molar-refractivity contribution in [1.82, 2.24) is 4.90 Å². The first-order valence-corrected chi connectivity index (χ1v) is 3.35. The van der Waals surface area contributed by atoms with Gasteiger partial charge in [-0.15, -0.1) is 12.4 Å². The minimum atomic E-state index is -0.852. The van der Waals surface area contributed by atoms with Gasteiger partial charge in [0.1, 0.15) is 0 Å². The van der Waals surface area contributed by atoms with E-state index in [0.29, 0.717) is 0 Å². The first-order chi connectivity index (χ1) is 4.13. The molecule has 0 spiro atoms. The number of halogens is 3. The van der Waals surface area contributed by atoms with Crippen molar-refractivity contribution in [3.63, 3.8) is 0 Å². The van der Waals surface area contributed by atoms with Gasteiger partial charge >= 0.3 is 0 Å². The molecule has 10 heavy (non-hydrogen) atoms. The zero-order chi connectivity index (χ0) is 6.91. The van der Waals surface area contributed by atoms with E-state index in [1.54, 1.807) is 11.0 Å². The zero-order valence-electron chi connectivity index (χ0n) is 5.42. The van der Waals surface area contributed by atoms with Crippen molar-refractivity contribution in [3.8, 4) is 0 Å². The molecule has 0 aromatic rings. The summed E-state index contributed by atoms with van der Waals surface area (Å²) in [4.78, 5) is 1.72. The van der Waals surface area contributed by atoms with Gasteiger partial charge in [-0.2, -0.15) is 0 Å². The van der Waals surface area contributed by atoms with Crippen LogP contribution in [0.25, 0.3) is 0 Å². The molecule has 0 unspecified atom stereocenters. The predicted octanol–water partition coefficient (Wildman–Crippen LogP) is 2.55. The molecule has 0 amide bonds. The molecular weight excluding hydrogens is 192 g/mol. The number of hydrogen-bond acceptors (Lipinski definition) is 1. The summed E-state index contributed by atoms with van der Waals surface area (Å²) < 4.78 is -0.852. The minimum absolute atomic E-state index is 0. The summed E-state index contributed by atoms with van der Waals surface area (Å²) in [7, 11) is 1.82. The van der Waals surface area contributed by atoms with Crippen molar-refractivity contribution in [3.05, 3.63) is 24.4 Å². The van der Waals surface area contributed by atoms with E-state index in [2.05, 4.69) is 0 Å². The number of hydrogen-bond donors (Lipinski definition) is 0. The van der Waals surface area contributed by atoms with Gasteiger partial charge in [-0.05, 0) is 12.2 Å². The van der Waals surface area contributed by atoms with E-state index in [0.717, 1.165) is 0 Å². The second-order valence-electron chi connectivity index (χ2n) is 1.90. The third kappa shape index (κ3) is 2.08. The van der Waals surface area contributed by atoms with Gasteiger partial charge < -0.3 is 4.90 Å². The predicted molar refractivity (Wildman–Crippen MR) is 47.7 cm³/mol. The Kier molecular flexibility index (Phi) is 3.57. The van der Waals surface area contributed by atoms with E-state index in [1.165, 1.54) is 0 Å². The molecule has 0 atom stereocenters. The fourth-order valence-electron chi connectivity index (χ4n) is 0.567. The van der Waals surface area contributed by atoms with Crippen LogP contribution < -0.4 is 0 Å². The number of rotatable bonds is 0. The molecule has 0 N–H and O–H groups in total. The number of allylic oxidation sites excluding steroid dienone is 2. The van der Waals surface area contributed by atoms with Crippen molar-refractivity contribution in [2.45, 2.75) is 4.46 Å². The van der Waals surface area contributed by atoms with Crippen LogP contribution in [0, 0.1) is 0 Å². The molecule has 1 heterocycles. The van der Waals surface area contributed by atoms with Crippen LogP contribution in [0.4, 0.5) is 0 Å². The Morgan fingerprint density at radius 3 is 2.20 bits per heavy atom. The van der Waals surface area contributed by atoms with Crippen LogP contribution in [-0.2, 0) is 0 Å². The van der Waals surface area contributed by atoms with Gasteiger partial charge in [0.05, 0.1) is 0 Å². The molecule has 0 aromatic carbocycles. The highest BCUT2D eigenvalue weighted by Gasteiger charge is 2.24. The third-order valence-electron chi connectivity index (χ3n) is 1.19. The lowest BCUT2D eigenvalue weighted by Crippen LogP contribution is -2.30. The standard InChI is InChI=1S/C6H7Cl2N.ClH/c1-9-5-3-2-4-6(9,7)8;/h2-5H,1H3;1H. The van der Waals surface area contributed by atoms with E-state index in [1.807, 2.05) is 25.4 Å². The van der Waals surface area contributed by atoms with Gasteiger partial charge in [0, 0.05) is 13.2 Å². The molecule has 58 valence electrons. The Hall–Kier alpha value is 0.150. The fraction of sp³-hybridized carbons (Fsp3) is 0.333. The third-order valence-corrected chi connectivity index (χ3v) is 1.97. The number of nitrogens with zero attached hydrogens (tertiary/aromatic N) is 1. The Morgan fingerprint density at radius 1 is 1.30 bits per heavy atom. The summed E-state index contributed by atoms with van der Waals surface area (Å²) in [6.45, 7) is 0. The van der Waals surface area contributed by atoms with Crippen LogP contribution >= 0.6 is 35.6 Å². The minimum Gasteiger partial charge on any atom is -0.347 e. The average molecular weight is 200 g/mol. The SMILES string of the molecule is CN1C=CC=CC1(Cl)Cl.Cl. The van der Waals surface area contributed by atoms with Crippen LogP contribution in [0.2, 0.25) is 0 Å². The molecule has 0 fully saturated rings. The fourth-order valence-corrected chi connectivity index (χ4v) is 0.825. The van der Waals surface area contributed by atoms with Crippen LogP contribution in [0.3, 0.4) is 0 Å². The van der Waals surface area contributed by atoms with E-state index in [9.17, 15) is 0 Å². The van der Waals surface area contributed by atoms with E-state index in [4.69, 9.17) is 23.2 Å². The van der Waals surface area contributed by atoms with Gasteiger partial charge in [0.25, 0.3) is 0 Å². The lowest BCUT2D eigenvalue weighted by atomic mass is 10.4. The molecule has 4 heteroatoms. The first kappa shape index (κ1) is 10.2. The van der Waals surface area contributed by atoms with E-state index < -0.39 is 4.46 Å². The topological polar surface area (TPSA) is 3.24 Å². The van der Waals surface area contributed by atoms with Crippen LogP contribution in [-0.4, -0.2) is 16.4 Å². The molecule has 1 aliphatic rings. The van der Waals surface area contributed by atoms with Crippen LogP contribution in [0.5, 0.6) is 0 Å². The summed E-state index contributed by atoms with van der Waals surface area (Å²) in [6, 6.07) is 0. The molecular formula is C6H8Cl3N.